The molecule has 0 amide bonds. The van der Waals surface area contributed by atoms with E-state index in [1.165, 1.54) is 28.6 Å². The minimum Gasteiger partial charge on any atom is -0.359 e. The molecule has 2 aliphatic rings. The molecule has 0 radical (unpaired) electrons. The van der Waals surface area contributed by atoms with Gasteiger partial charge in [0.15, 0.2) is 10.8 Å². The lowest BCUT2D eigenvalue weighted by Gasteiger charge is -2.35. The summed E-state index contributed by atoms with van der Waals surface area (Å²) in [6.07, 6.45) is 6.58. The van der Waals surface area contributed by atoms with Crippen LogP contribution in [0.15, 0.2) is 42.6 Å². The van der Waals surface area contributed by atoms with Crippen LogP contribution in [0.1, 0.15) is 43.3 Å². The van der Waals surface area contributed by atoms with Crippen molar-refractivity contribution in [3.05, 3.63) is 48.3 Å². The molecule has 0 unspecified atom stereocenters. The normalized spacial score (nSPS) is 22.6. The Hall–Kier alpha value is -2.47. The molecule has 0 aliphatic heterocycles. The summed E-state index contributed by atoms with van der Waals surface area (Å²) in [5.74, 6) is 0.652. The van der Waals surface area contributed by atoms with E-state index in [2.05, 4.69) is 39.2 Å². The average Bonchev–Trinajstić information content (AvgIpc) is 3.28. The number of pyridine rings is 1. The highest BCUT2D eigenvalue weighted by atomic mass is 32.1. The molecule has 1 N–H and O–H groups in total. The maximum Gasteiger partial charge on any atom is 0.184 e. The van der Waals surface area contributed by atoms with Gasteiger partial charge in [-0.05, 0) is 49.9 Å². The first-order valence-corrected chi connectivity index (χ1v) is 10.1. The Balaban J connectivity index is 1.22. The van der Waals surface area contributed by atoms with Gasteiger partial charge in [-0.25, -0.2) is 14.6 Å². The summed E-state index contributed by atoms with van der Waals surface area (Å²) in [4.78, 5) is 9.31. The van der Waals surface area contributed by atoms with Gasteiger partial charge in [0.2, 0.25) is 0 Å². The Morgan fingerprint density at radius 3 is 2.81 bits per heavy atom. The van der Waals surface area contributed by atoms with Crippen LogP contribution in [-0.2, 0) is 0 Å². The highest BCUT2D eigenvalue weighted by molar-refractivity contribution is 7.22. The van der Waals surface area contributed by atoms with Crippen molar-refractivity contribution in [2.45, 2.75) is 43.7 Å². The SMILES string of the molecule is c1ccc2sc(NC3CC(n4nc(C5CC5)c5cccnc54)C3)nc2c1. The zero-order chi connectivity index (χ0) is 17.1. The lowest BCUT2D eigenvalue weighted by Crippen LogP contribution is -2.37. The van der Waals surface area contributed by atoms with Gasteiger partial charge in [0.05, 0.1) is 22.0 Å². The highest BCUT2D eigenvalue weighted by Gasteiger charge is 2.36. The summed E-state index contributed by atoms with van der Waals surface area (Å²) in [6, 6.07) is 13.4. The molecule has 0 bridgehead atoms. The number of fused-ring (bicyclic) bond motifs is 2. The number of benzene rings is 1. The van der Waals surface area contributed by atoms with E-state index >= 15 is 0 Å². The van der Waals surface area contributed by atoms with Gasteiger partial charge in [-0.15, -0.1) is 0 Å². The summed E-state index contributed by atoms with van der Waals surface area (Å²) in [5.41, 5.74) is 3.39. The zero-order valence-electron chi connectivity index (χ0n) is 14.3. The van der Waals surface area contributed by atoms with Gasteiger partial charge in [-0.3, -0.25) is 0 Å². The van der Waals surface area contributed by atoms with E-state index in [9.17, 15) is 0 Å². The molecule has 0 spiro atoms. The Morgan fingerprint density at radius 2 is 1.96 bits per heavy atom. The molecule has 6 rings (SSSR count). The Labute approximate surface area is 155 Å². The molecule has 130 valence electrons. The topological polar surface area (TPSA) is 55.6 Å². The fourth-order valence-corrected chi connectivity index (χ4v) is 4.87. The van der Waals surface area contributed by atoms with Crippen LogP contribution in [0.4, 0.5) is 5.13 Å². The number of anilines is 1. The molecule has 2 fully saturated rings. The summed E-state index contributed by atoms with van der Waals surface area (Å²) in [7, 11) is 0. The van der Waals surface area contributed by atoms with Gasteiger partial charge in [0.1, 0.15) is 0 Å². The summed E-state index contributed by atoms with van der Waals surface area (Å²) < 4.78 is 3.42. The molecule has 6 heteroatoms. The van der Waals surface area contributed by atoms with Gasteiger partial charge >= 0.3 is 0 Å². The fraction of sp³-hybridized carbons (Fsp3) is 0.350. The number of hydrogen-bond acceptors (Lipinski definition) is 5. The van der Waals surface area contributed by atoms with Crippen LogP contribution in [-0.4, -0.2) is 25.8 Å². The van der Waals surface area contributed by atoms with Crippen molar-refractivity contribution >= 4 is 37.7 Å². The predicted octanol–water partition coefficient (Wildman–Crippen LogP) is 4.73. The van der Waals surface area contributed by atoms with Crippen molar-refractivity contribution in [2.24, 2.45) is 0 Å². The van der Waals surface area contributed by atoms with E-state index in [0.717, 1.165) is 29.1 Å². The van der Waals surface area contributed by atoms with E-state index in [0.29, 0.717) is 18.0 Å². The summed E-state index contributed by atoms with van der Waals surface area (Å²) >= 11 is 1.73. The molecule has 0 atom stereocenters. The van der Waals surface area contributed by atoms with Gasteiger partial charge in [0.25, 0.3) is 0 Å². The third-order valence-corrected chi connectivity index (χ3v) is 6.51. The molecule has 3 heterocycles. The maximum absolute atomic E-state index is 4.96. The lowest BCUT2D eigenvalue weighted by molar-refractivity contribution is 0.266. The fourth-order valence-electron chi connectivity index (χ4n) is 3.92. The molecular formula is C20H19N5S. The van der Waals surface area contributed by atoms with Crippen LogP contribution >= 0.6 is 11.3 Å². The molecular weight excluding hydrogens is 342 g/mol. The molecule has 0 saturated heterocycles. The molecule has 1 aromatic carbocycles. The van der Waals surface area contributed by atoms with Crippen molar-refractivity contribution in [3.63, 3.8) is 0 Å². The first-order chi connectivity index (χ1) is 12.8. The molecule has 2 saturated carbocycles. The summed E-state index contributed by atoms with van der Waals surface area (Å²) in [5, 5.41) is 10.8. The van der Waals surface area contributed by atoms with Gasteiger partial charge in [0, 0.05) is 23.5 Å². The number of hydrogen-bond donors (Lipinski definition) is 1. The number of nitrogens with zero attached hydrogens (tertiary/aromatic N) is 4. The predicted molar refractivity (Wildman–Crippen MR) is 105 cm³/mol. The number of rotatable bonds is 4. The quantitative estimate of drug-likeness (QED) is 0.571. The van der Waals surface area contributed by atoms with Gasteiger partial charge in [-0.2, -0.15) is 5.10 Å². The van der Waals surface area contributed by atoms with Crippen LogP contribution in [0.3, 0.4) is 0 Å². The van der Waals surface area contributed by atoms with Crippen molar-refractivity contribution in [3.8, 4) is 0 Å². The maximum atomic E-state index is 4.96. The Kier molecular flexibility index (Phi) is 3.11. The van der Waals surface area contributed by atoms with E-state index in [1.54, 1.807) is 11.3 Å². The second-order valence-corrected chi connectivity index (χ2v) is 8.46. The standard InChI is InChI=1S/C20H19N5S/c1-2-6-17-16(5-1)23-20(26-17)22-13-10-14(11-13)25-19-15(4-3-9-21-19)18(24-25)12-7-8-12/h1-6,9,12-14H,7-8,10-11H2,(H,22,23). The van der Waals surface area contributed by atoms with Crippen molar-refractivity contribution < 1.29 is 0 Å². The van der Waals surface area contributed by atoms with Crippen LogP contribution in [0, 0.1) is 0 Å². The number of aromatic nitrogens is 4. The second kappa shape index (κ2) is 5.51. The number of para-hydroxylation sites is 1. The molecule has 2 aliphatic carbocycles. The van der Waals surface area contributed by atoms with E-state index < -0.39 is 0 Å². The highest BCUT2D eigenvalue weighted by Crippen LogP contribution is 2.44. The molecule has 26 heavy (non-hydrogen) atoms. The largest absolute Gasteiger partial charge is 0.359 e. The molecule has 4 aromatic rings. The van der Waals surface area contributed by atoms with Crippen LogP contribution in [0.25, 0.3) is 21.3 Å². The molecule has 5 nitrogen and oxygen atoms in total. The van der Waals surface area contributed by atoms with E-state index in [4.69, 9.17) is 10.1 Å². The van der Waals surface area contributed by atoms with Crippen LogP contribution in [0.2, 0.25) is 0 Å². The van der Waals surface area contributed by atoms with Gasteiger partial charge < -0.3 is 5.32 Å². The Bertz CT molecular complexity index is 1070. The van der Waals surface area contributed by atoms with Crippen molar-refractivity contribution in [2.75, 3.05) is 5.32 Å². The molecule has 3 aromatic heterocycles. The average molecular weight is 361 g/mol. The first-order valence-electron chi connectivity index (χ1n) is 9.30. The minimum atomic E-state index is 0.437. The van der Waals surface area contributed by atoms with Crippen molar-refractivity contribution in [1.29, 1.82) is 0 Å². The summed E-state index contributed by atoms with van der Waals surface area (Å²) in [6.45, 7) is 0. The van der Waals surface area contributed by atoms with Gasteiger partial charge in [-0.1, -0.05) is 23.5 Å². The van der Waals surface area contributed by atoms with E-state index in [-0.39, 0.29) is 0 Å². The Morgan fingerprint density at radius 1 is 1.08 bits per heavy atom. The lowest BCUT2D eigenvalue weighted by atomic mass is 9.87. The first kappa shape index (κ1) is 14.7. The number of thiazole rings is 1. The van der Waals surface area contributed by atoms with E-state index in [1.807, 2.05) is 18.3 Å². The monoisotopic (exact) mass is 361 g/mol. The third-order valence-electron chi connectivity index (χ3n) is 5.54. The number of nitrogens with one attached hydrogen (secondary N) is 1. The second-order valence-electron chi connectivity index (χ2n) is 7.43. The zero-order valence-corrected chi connectivity index (χ0v) is 15.1. The minimum absolute atomic E-state index is 0.437. The smallest absolute Gasteiger partial charge is 0.184 e. The van der Waals surface area contributed by atoms with Crippen LogP contribution in [0.5, 0.6) is 0 Å². The van der Waals surface area contributed by atoms with Crippen LogP contribution < -0.4 is 5.32 Å². The van der Waals surface area contributed by atoms with Crippen molar-refractivity contribution in [1.82, 2.24) is 19.7 Å². The third kappa shape index (κ3) is 2.32.